The van der Waals surface area contributed by atoms with Gasteiger partial charge in [-0.25, -0.2) is 4.79 Å². The molecule has 0 aromatic heterocycles. The van der Waals surface area contributed by atoms with Gasteiger partial charge in [0.15, 0.2) is 5.78 Å². The standard InChI is InChI=1S/C29H32N2O5/c1-2-16-14-24(16)30-27(33)22-12-20(26(32)18-8-10-19(11-9-18)29(35)36)13-23(22)28(34)31-25-15-21(25)17-6-4-3-5-7-17/h3-11,16,20-25H,2,12-15H2,1H3,(H,30,33)(H,31,34)(H,35,36)/t16-,20?,21+,22+,23+,24?,25-/m0/s1. The predicted octanol–water partition coefficient (Wildman–Crippen LogP) is 3.80. The van der Waals surface area contributed by atoms with Crippen molar-refractivity contribution in [1.82, 2.24) is 10.6 Å². The van der Waals surface area contributed by atoms with Crippen LogP contribution in [0.4, 0.5) is 0 Å². The van der Waals surface area contributed by atoms with Gasteiger partial charge < -0.3 is 15.7 Å². The van der Waals surface area contributed by atoms with E-state index >= 15 is 0 Å². The van der Waals surface area contributed by atoms with Crippen molar-refractivity contribution in [3.63, 3.8) is 0 Å². The van der Waals surface area contributed by atoms with Gasteiger partial charge in [-0.15, -0.1) is 0 Å². The molecule has 0 aliphatic heterocycles. The van der Waals surface area contributed by atoms with E-state index in [1.807, 2.05) is 18.2 Å². The monoisotopic (exact) mass is 488 g/mol. The van der Waals surface area contributed by atoms with Crippen LogP contribution in [0.1, 0.15) is 71.2 Å². The van der Waals surface area contributed by atoms with Crippen molar-refractivity contribution in [1.29, 1.82) is 0 Å². The van der Waals surface area contributed by atoms with Crippen molar-refractivity contribution in [2.75, 3.05) is 0 Å². The molecule has 3 aliphatic rings. The third-order valence-corrected chi connectivity index (χ3v) is 8.14. The Kier molecular flexibility index (Phi) is 6.65. The minimum absolute atomic E-state index is 0.0508. The summed E-state index contributed by atoms with van der Waals surface area (Å²) >= 11 is 0. The second-order valence-corrected chi connectivity index (χ2v) is 10.5. The number of carboxylic acids is 1. The van der Waals surface area contributed by atoms with Crippen molar-refractivity contribution in [3.8, 4) is 0 Å². The van der Waals surface area contributed by atoms with Crippen LogP contribution in [-0.4, -0.2) is 40.8 Å². The lowest BCUT2D eigenvalue weighted by Gasteiger charge is -2.19. The largest absolute Gasteiger partial charge is 0.478 e. The Morgan fingerprint density at radius 1 is 0.778 bits per heavy atom. The van der Waals surface area contributed by atoms with Gasteiger partial charge >= 0.3 is 5.97 Å². The molecule has 3 aliphatic carbocycles. The van der Waals surface area contributed by atoms with Crippen LogP contribution in [0.2, 0.25) is 0 Å². The minimum atomic E-state index is -1.05. The van der Waals surface area contributed by atoms with Crippen LogP contribution in [0.15, 0.2) is 54.6 Å². The number of hydrogen-bond acceptors (Lipinski definition) is 4. The molecule has 0 radical (unpaired) electrons. The molecule has 0 spiro atoms. The number of Topliss-reactive ketones (excluding diaryl/α,β-unsaturated/α-hetero) is 1. The topological polar surface area (TPSA) is 113 Å². The van der Waals surface area contributed by atoms with Crippen LogP contribution in [0.3, 0.4) is 0 Å². The third kappa shape index (κ3) is 5.06. The number of carboxylic acid groups (broad SMARTS) is 1. The second-order valence-electron chi connectivity index (χ2n) is 10.5. The Bertz CT molecular complexity index is 1160. The fraction of sp³-hybridized carbons (Fsp3) is 0.448. The molecule has 0 bridgehead atoms. The SMILES string of the molecule is CC[C@H]1CC1NC(=O)[C@@H]1CC(C(=O)c2ccc(C(=O)O)cc2)C[C@H]1C(=O)N[C@H]1C[C@@H]1c1ccccc1. The van der Waals surface area contributed by atoms with E-state index in [2.05, 4.69) is 29.7 Å². The second kappa shape index (κ2) is 9.88. The van der Waals surface area contributed by atoms with E-state index in [1.165, 1.54) is 29.8 Å². The molecule has 0 heterocycles. The maximum atomic E-state index is 13.4. The number of carbonyl (C=O) groups is 4. The highest BCUT2D eigenvalue weighted by molar-refractivity contribution is 6.00. The van der Waals surface area contributed by atoms with E-state index < -0.39 is 23.7 Å². The molecule has 2 unspecified atom stereocenters. The normalized spacial score (nSPS) is 30.3. The minimum Gasteiger partial charge on any atom is -0.478 e. The number of benzene rings is 2. The van der Waals surface area contributed by atoms with Crippen molar-refractivity contribution in [2.45, 2.75) is 57.0 Å². The fourth-order valence-electron chi connectivity index (χ4n) is 5.72. The molecule has 0 saturated heterocycles. The van der Waals surface area contributed by atoms with Crippen LogP contribution in [0.25, 0.3) is 0 Å². The van der Waals surface area contributed by atoms with Gasteiger partial charge in [0.25, 0.3) is 0 Å². The molecule has 3 N–H and O–H groups in total. The lowest BCUT2D eigenvalue weighted by atomic mass is 9.94. The zero-order chi connectivity index (χ0) is 25.4. The van der Waals surface area contributed by atoms with Gasteiger partial charge in [0.05, 0.1) is 17.4 Å². The number of amides is 2. The number of nitrogens with one attached hydrogen (secondary N) is 2. The van der Waals surface area contributed by atoms with Gasteiger partial charge in [-0.05, 0) is 49.3 Å². The van der Waals surface area contributed by atoms with E-state index in [1.54, 1.807) is 0 Å². The van der Waals surface area contributed by atoms with Gasteiger partial charge in [0, 0.05) is 29.5 Å². The number of aromatic carboxylic acids is 1. The van der Waals surface area contributed by atoms with Gasteiger partial charge in [0.2, 0.25) is 11.8 Å². The molecule has 36 heavy (non-hydrogen) atoms. The molecule has 2 amide bonds. The van der Waals surface area contributed by atoms with Gasteiger partial charge in [-0.1, -0.05) is 55.8 Å². The predicted molar refractivity (Wildman–Crippen MR) is 133 cm³/mol. The molecular weight excluding hydrogens is 456 g/mol. The molecule has 2 aromatic carbocycles. The highest BCUT2D eigenvalue weighted by Crippen LogP contribution is 2.43. The quantitative estimate of drug-likeness (QED) is 0.465. The molecule has 2 aromatic rings. The lowest BCUT2D eigenvalue weighted by molar-refractivity contribution is -0.133. The lowest BCUT2D eigenvalue weighted by Crippen LogP contribution is -2.41. The first-order valence-electron chi connectivity index (χ1n) is 12.9. The highest BCUT2D eigenvalue weighted by atomic mass is 16.4. The van der Waals surface area contributed by atoms with E-state index in [0.29, 0.717) is 24.3 Å². The molecule has 3 saturated carbocycles. The van der Waals surface area contributed by atoms with Gasteiger partial charge in [0.1, 0.15) is 0 Å². The van der Waals surface area contributed by atoms with Crippen molar-refractivity contribution in [2.24, 2.45) is 23.7 Å². The maximum absolute atomic E-state index is 13.4. The van der Waals surface area contributed by atoms with Crippen LogP contribution < -0.4 is 10.6 Å². The summed E-state index contributed by atoms with van der Waals surface area (Å²) in [6, 6.07) is 16.1. The average Bonchev–Trinajstić information content (AvgIpc) is 3.79. The van der Waals surface area contributed by atoms with Crippen molar-refractivity contribution < 1.29 is 24.3 Å². The molecular formula is C29H32N2O5. The highest BCUT2D eigenvalue weighted by Gasteiger charge is 2.49. The molecule has 3 fully saturated rings. The summed E-state index contributed by atoms with van der Waals surface area (Å²) in [6.45, 7) is 2.10. The van der Waals surface area contributed by atoms with E-state index in [9.17, 15) is 19.2 Å². The van der Waals surface area contributed by atoms with Crippen molar-refractivity contribution >= 4 is 23.6 Å². The summed E-state index contributed by atoms with van der Waals surface area (Å²) in [7, 11) is 0. The zero-order valence-electron chi connectivity index (χ0n) is 20.4. The smallest absolute Gasteiger partial charge is 0.335 e. The Hall–Kier alpha value is -3.48. The van der Waals surface area contributed by atoms with Gasteiger partial charge in [-0.2, -0.15) is 0 Å². The van der Waals surface area contributed by atoms with Crippen LogP contribution in [0.5, 0.6) is 0 Å². The van der Waals surface area contributed by atoms with Crippen LogP contribution in [0, 0.1) is 23.7 Å². The summed E-state index contributed by atoms with van der Waals surface area (Å²) in [6.07, 6.45) is 3.48. The average molecular weight is 489 g/mol. The van der Waals surface area contributed by atoms with Gasteiger partial charge in [-0.3, -0.25) is 14.4 Å². The summed E-state index contributed by atoms with van der Waals surface area (Å²) < 4.78 is 0. The number of hydrogen-bond donors (Lipinski definition) is 3. The Labute approximate surface area is 210 Å². The summed E-state index contributed by atoms with van der Waals surface area (Å²) in [5.74, 6) is -2.29. The fourth-order valence-corrected chi connectivity index (χ4v) is 5.72. The first-order chi connectivity index (χ1) is 17.4. The third-order valence-electron chi connectivity index (χ3n) is 8.14. The first kappa shape index (κ1) is 24.2. The summed E-state index contributed by atoms with van der Waals surface area (Å²) in [5, 5.41) is 15.4. The number of carbonyl (C=O) groups excluding carboxylic acids is 3. The number of rotatable bonds is 9. The van der Waals surface area contributed by atoms with Crippen LogP contribution >= 0.6 is 0 Å². The summed E-state index contributed by atoms with van der Waals surface area (Å²) in [5.41, 5.74) is 1.71. The van der Waals surface area contributed by atoms with E-state index in [4.69, 9.17) is 5.11 Å². The maximum Gasteiger partial charge on any atom is 0.335 e. The molecule has 5 rings (SSSR count). The van der Waals surface area contributed by atoms with E-state index in [-0.39, 0.29) is 41.2 Å². The summed E-state index contributed by atoms with van der Waals surface area (Å²) in [4.78, 5) is 51.0. The molecule has 188 valence electrons. The van der Waals surface area contributed by atoms with Crippen LogP contribution in [-0.2, 0) is 9.59 Å². The van der Waals surface area contributed by atoms with E-state index in [0.717, 1.165) is 19.3 Å². The Morgan fingerprint density at radius 3 is 1.92 bits per heavy atom. The molecule has 7 nitrogen and oxygen atoms in total. The molecule has 7 heteroatoms. The first-order valence-corrected chi connectivity index (χ1v) is 12.9. The molecule has 7 atom stereocenters. The zero-order valence-corrected chi connectivity index (χ0v) is 20.4. The Morgan fingerprint density at radius 2 is 1.36 bits per heavy atom. The number of ketones is 1. The Balaban J connectivity index is 1.28. The van der Waals surface area contributed by atoms with Crippen molar-refractivity contribution in [3.05, 3.63) is 71.3 Å².